The van der Waals surface area contributed by atoms with Crippen molar-refractivity contribution in [2.45, 2.75) is 31.7 Å². The van der Waals surface area contributed by atoms with Gasteiger partial charge in [0.05, 0.1) is 6.54 Å². The Morgan fingerprint density at radius 2 is 2.10 bits per heavy atom. The summed E-state index contributed by atoms with van der Waals surface area (Å²) >= 11 is 0. The molecule has 0 spiro atoms. The smallest absolute Gasteiger partial charge is 0.236 e. The van der Waals surface area contributed by atoms with Gasteiger partial charge in [-0.1, -0.05) is 0 Å². The predicted octanol–water partition coefficient (Wildman–Crippen LogP) is -0.591. The van der Waals surface area contributed by atoms with E-state index >= 15 is 0 Å². The van der Waals surface area contributed by atoms with E-state index in [1.165, 1.54) is 0 Å². The van der Waals surface area contributed by atoms with Gasteiger partial charge in [0, 0.05) is 45.2 Å². The van der Waals surface area contributed by atoms with E-state index in [1.807, 2.05) is 4.90 Å². The lowest BCUT2D eigenvalue weighted by Gasteiger charge is -2.41. The number of likely N-dealkylation sites (tertiary alicyclic amines) is 1. The molecule has 2 atom stereocenters. The van der Waals surface area contributed by atoms with Gasteiger partial charge in [-0.3, -0.25) is 14.5 Å². The van der Waals surface area contributed by atoms with Crippen LogP contribution in [0.5, 0.6) is 0 Å². The number of nitrogens with one attached hydrogen (secondary N) is 2. The summed E-state index contributed by atoms with van der Waals surface area (Å²) in [6, 6.07) is 0.333. The summed E-state index contributed by atoms with van der Waals surface area (Å²) in [4.78, 5) is 28.1. The minimum Gasteiger partial charge on any atom is -0.353 e. The second-order valence-corrected chi connectivity index (χ2v) is 6.48. The lowest BCUT2D eigenvalue weighted by molar-refractivity contribution is -0.133. The van der Waals surface area contributed by atoms with Gasteiger partial charge in [0.2, 0.25) is 11.8 Å². The SMILES string of the molecule is O=C1CCC2CN(CC(=O)N3CCCNCC3)CCC2N1. The van der Waals surface area contributed by atoms with Gasteiger partial charge in [-0.2, -0.15) is 0 Å². The van der Waals surface area contributed by atoms with Gasteiger partial charge in [-0.25, -0.2) is 0 Å². The summed E-state index contributed by atoms with van der Waals surface area (Å²) in [5.41, 5.74) is 0. The summed E-state index contributed by atoms with van der Waals surface area (Å²) in [6.07, 6.45) is 3.63. The van der Waals surface area contributed by atoms with Gasteiger partial charge >= 0.3 is 0 Å². The van der Waals surface area contributed by atoms with Crippen molar-refractivity contribution in [3.05, 3.63) is 0 Å². The van der Waals surface area contributed by atoms with Crippen molar-refractivity contribution in [2.24, 2.45) is 5.92 Å². The van der Waals surface area contributed by atoms with Crippen LogP contribution in [0.3, 0.4) is 0 Å². The highest BCUT2D eigenvalue weighted by Gasteiger charge is 2.34. The Morgan fingerprint density at radius 1 is 1.19 bits per heavy atom. The Kier molecular flexibility index (Phi) is 4.75. The number of carbonyl (C=O) groups is 2. The number of hydrogen-bond acceptors (Lipinski definition) is 4. The summed E-state index contributed by atoms with van der Waals surface area (Å²) in [5, 5.41) is 6.42. The van der Waals surface area contributed by atoms with Crippen molar-refractivity contribution >= 4 is 11.8 Å². The van der Waals surface area contributed by atoms with Crippen LogP contribution >= 0.6 is 0 Å². The van der Waals surface area contributed by atoms with Gasteiger partial charge in [-0.05, 0) is 31.7 Å². The van der Waals surface area contributed by atoms with Gasteiger partial charge in [0.15, 0.2) is 0 Å². The van der Waals surface area contributed by atoms with E-state index in [4.69, 9.17) is 0 Å². The third-order valence-electron chi connectivity index (χ3n) is 4.96. The molecule has 0 bridgehead atoms. The fourth-order valence-electron chi connectivity index (χ4n) is 3.72. The van der Waals surface area contributed by atoms with Crippen molar-refractivity contribution in [3.8, 4) is 0 Å². The van der Waals surface area contributed by atoms with Crippen LogP contribution in [0.1, 0.15) is 25.7 Å². The molecule has 3 heterocycles. The fourth-order valence-corrected chi connectivity index (χ4v) is 3.72. The van der Waals surface area contributed by atoms with Crippen molar-refractivity contribution < 1.29 is 9.59 Å². The Hall–Kier alpha value is -1.14. The average Bonchev–Trinajstić information content (AvgIpc) is 2.76. The van der Waals surface area contributed by atoms with E-state index in [0.717, 1.165) is 58.5 Å². The van der Waals surface area contributed by atoms with Crippen LogP contribution < -0.4 is 10.6 Å². The standard InChI is InChI=1S/C15H26N4O2/c20-14-3-2-12-10-18(8-4-13(12)17-14)11-15(21)19-7-1-5-16-6-9-19/h12-13,16H,1-11H2,(H,17,20). The molecule has 6 heteroatoms. The maximum Gasteiger partial charge on any atom is 0.236 e. The summed E-state index contributed by atoms with van der Waals surface area (Å²) in [5.74, 6) is 0.977. The normalized spacial score (nSPS) is 31.2. The molecule has 3 rings (SSSR count). The number of amides is 2. The molecule has 0 saturated carbocycles. The molecule has 0 aromatic rings. The quantitative estimate of drug-likeness (QED) is 0.714. The number of nitrogens with zero attached hydrogens (tertiary/aromatic N) is 2. The first-order chi connectivity index (χ1) is 10.2. The molecule has 0 aromatic heterocycles. The molecule has 21 heavy (non-hydrogen) atoms. The summed E-state index contributed by atoms with van der Waals surface area (Å²) < 4.78 is 0. The molecule has 0 radical (unpaired) electrons. The van der Waals surface area contributed by atoms with Gasteiger partial charge in [-0.15, -0.1) is 0 Å². The minimum absolute atomic E-state index is 0.192. The maximum atomic E-state index is 12.4. The van der Waals surface area contributed by atoms with Crippen molar-refractivity contribution in [1.82, 2.24) is 20.4 Å². The number of carbonyl (C=O) groups excluding carboxylic acids is 2. The first kappa shape index (κ1) is 14.8. The van der Waals surface area contributed by atoms with E-state index in [1.54, 1.807) is 0 Å². The van der Waals surface area contributed by atoms with E-state index in [2.05, 4.69) is 15.5 Å². The molecule has 3 saturated heterocycles. The number of piperidine rings is 2. The highest BCUT2D eigenvalue weighted by molar-refractivity contribution is 5.78. The lowest BCUT2D eigenvalue weighted by atomic mass is 9.85. The van der Waals surface area contributed by atoms with Crippen molar-refractivity contribution in [2.75, 3.05) is 45.8 Å². The van der Waals surface area contributed by atoms with Crippen LogP contribution in [0.4, 0.5) is 0 Å². The highest BCUT2D eigenvalue weighted by Crippen LogP contribution is 2.25. The molecule has 3 fully saturated rings. The Morgan fingerprint density at radius 3 is 3.00 bits per heavy atom. The van der Waals surface area contributed by atoms with Crippen LogP contribution in [0.15, 0.2) is 0 Å². The zero-order valence-corrected chi connectivity index (χ0v) is 12.6. The van der Waals surface area contributed by atoms with Crippen LogP contribution in [-0.2, 0) is 9.59 Å². The minimum atomic E-state index is 0.192. The van der Waals surface area contributed by atoms with Crippen LogP contribution in [-0.4, -0.2) is 73.5 Å². The topological polar surface area (TPSA) is 64.7 Å². The van der Waals surface area contributed by atoms with Gasteiger partial charge in [0.25, 0.3) is 0 Å². The molecule has 2 amide bonds. The zero-order valence-electron chi connectivity index (χ0n) is 12.6. The first-order valence-corrected chi connectivity index (χ1v) is 8.22. The highest BCUT2D eigenvalue weighted by atomic mass is 16.2. The molecule has 2 N–H and O–H groups in total. The van der Waals surface area contributed by atoms with E-state index in [0.29, 0.717) is 24.9 Å². The number of hydrogen-bond donors (Lipinski definition) is 2. The third kappa shape index (κ3) is 3.74. The largest absolute Gasteiger partial charge is 0.353 e. The molecule has 3 aliphatic heterocycles. The van der Waals surface area contributed by atoms with Crippen LogP contribution in [0, 0.1) is 5.92 Å². The summed E-state index contributed by atoms with van der Waals surface area (Å²) in [7, 11) is 0. The van der Waals surface area contributed by atoms with Crippen molar-refractivity contribution in [1.29, 1.82) is 0 Å². The molecule has 0 aliphatic carbocycles. The monoisotopic (exact) mass is 294 g/mol. The van der Waals surface area contributed by atoms with Crippen LogP contribution in [0.25, 0.3) is 0 Å². The Bertz CT molecular complexity index is 393. The number of rotatable bonds is 2. The van der Waals surface area contributed by atoms with E-state index < -0.39 is 0 Å². The van der Waals surface area contributed by atoms with Crippen molar-refractivity contribution in [3.63, 3.8) is 0 Å². The molecular weight excluding hydrogens is 268 g/mol. The molecular formula is C15H26N4O2. The second kappa shape index (κ2) is 6.75. The molecule has 6 nitrogen and oxygen atoms in total. The maximum absolute atomic E-state index is 12.4. The summed E-state index contributed by atoms with van der Waals surface area (Å²) in [6.45, 7) is 6.02. The molecule has 2 unspecified atom stereocenters. The van der Waals surface area contributed by atoms with Gasteiger partial charge < -0.3 is 15.5 Å². The Labute approximate surface area is 126 Å². The predicted molar refractivity (Wildman–Crippen MR) is 79.8 cm³/mol. The molecule has 118 valence electrons. The Balaban J connectivity index is 1.49. The average molecular weight is 294 g/mol. The van der Waals surface area contributed by atoms with E-state index in [-0.39, 0.29) is 11.8 Å². The van der Waals surface area contributed by atoms with E-state index in [9.17, 15) is 9.59 Å². The van der Waals surface area contributed by atoms with Gasteiger partial charge in [0.1, 0.15) is 0 Å². The molecule has 0 aromatic carbocycles. The number of fused-ring (bicyclic) bond motifs is 1. The van der Waals surface area contributed by atoms with Crippen LogP contribution in [0.2, 0.25) is 0 Å². The fraction of sp³-hybridized carbons (Fsp3) is 0.867. The molecule has 3 aliphatic rings. The zero-order chi connectivity index (χ0) is 14.7. The lowest BCUT2D eigenvalue weighted by Crippen LogP contribution is -2.55. The second-order valence-electron chi connectivity index (χ2n) is 6.48. The third-order valence-corrected chi connectivity index (χ3v) is 4.96. The first-order valence-electron chi connectivity index (χ1n) is 8.22.